The number of ketones is 1. The Morgan fingerprint density at radius 2 is 1.75 bits per heavy atom. The van der Waals surface area contributed by atoms with Gasteiger partial charge in [-0.1, -0.05) is 0 Å². The average molecular weight is 172 g/mol. The first-order valence-corrected chi connectivity index (χ1v) is 4.05. The SMILES string of the molecule is CC(=O)CCC(N)CCC(N)=O. The van der Waals surface area contributed by atoms with E-state index in [-0.39, 0.29) is 17.7 Å². The maximum atomic E-state index is 10.5. The second-order valence-electron chi connectivity index (χ2n) is 3.01. The van der Waals surface area contributed by atoms with Crippen molar-refractivity contribution in [2.45, 2.75) is 38.6 Å². The second-order valence-corrected chi connectivity index (χ2v) is 3.01. The number of rotatable bonds is 6. The summed E-state index contributed by atoms with van der Waals surface area (Å²) in [5.41, 5.74) is 10.5. The van der Waals surface area contributed by atoms with E-state index >= 15 is 0 Å². The van der Waals surface area contributed by atoms with Crippen LogP contribution in [-0.4, -0.2) is 17.7 Å². The Balaban J connectivity index is 3.39. The van der Waals surface area contributed by atoms with Crippen LogP contribution in [0.15, 0.2) is 0 Å². The van der Waals surface area contributed by atoms with Gasteiger partial charge in [-0.25, -0.2) is 0 Å². The number of Topliss-reactive ketones (excluding diaryl/α,β-unsaturated/α-hetero) is 1. The number of amides is 1. The summed E-state index contributed by atoms with van der Waals surface area (Å²) in [5, 5.41) is 0. The molecule has 1 amide bonds. The number of primary amides is 1. The van der Waals surface area contributed by atoms with Crippen LogP contribution >= 0.6 is 0 Å². The molecule has 0 aliphatic carbocycles. The zero-order valence-corrected chi connectivity index (χ0v) is 7.38. The number of carbonyl (C=O) groups excluding carboxylic acids is 2. The number of nitrogens with two attached hydrogens (primary N) is 2. The molecule has 70 valence electrons. The van der Waals surface area contributed by atoms with Crippen molar-refractivity contribution in [2.75, 3.05) is 0 Å². The summed E-state index contributed by atoms with van der Waals surface area (Å²) in [7, 11) is 0. The summed E-state index contributed by atoms with van der Waals surface area (Å²) < 4.78 is 0. The van der Waals surface area contributed by atoms with Gasteiger partial charge in [-0.2, -0.15) is 0 Å². The lowest BCUT2D eigenvalue weighted by molar-refractivity contribution is -0.118. The Morgan fingerprint density at radius 3 is 2.17 bits per heavy atom. The van der Waals surface area contributed by atoms with Gasteiger partial charge in [0.05, 0.1) is 0 Å². The maximum absolute atomic E-state index is 10.5. The van der Waals surface area contributed by atoms with Crippen LogP contribution in [0.5, 0.6) is 0 Å². The van der Waals surface area contributed by atoms with E-state index in [2.05, 4.69) is 0 Å². The van der Waals surface area contributed by atoms with E-state index in [1.807, 2.05) is 0 Å². The third-order valence-corrected chi connectivity index (χ3v) is 1.63. The molecule has 0 aliphatic heterocycles. The van der Waals surface area contributed by atoms with Crippen LogP contribution in [0.25, 0.3) is 0 Å². The molecule has 0 heterocycles. The van der Waals surface area contributed by atoms with Crippen molar-refractivity contribution >= 4 is 11.7 Å². The zero-order valence-electron chi connectivity index (χ0n) is 7.38. The summed E-state index contributed by atoms with van der Waals surface area (Å²) >= 11 is 0. The number of carbonyl (C=O) groups is 2. The van der Waals surface area contributed by atoms with Crippen LogP contribution in [0.1, 0.15) is 32.6 Å². The van der Waals surface area contributed by atoms with Crippen LogP contribution in [0.4, 0.5) is 0 Å². The quantitative estimate of drug-likeness (QED) is 0.589. The van der Waals surface area contributed by atoms with Gasteiger partial charge < -0.3 is 16.3 Å². The van der Waals surface area contributed by atoms with E-state index in [4.69, 9.17) is 11.5 Å². The molecule has 0 spiro atoms. The van der Waals surface area contributed by atoms with E-state index in [1.165, 1.54) is 6.92 Å². The molecule has 0 rings (SSSR count). The van der Waals surface area contributed by atoms with Crippen molar-refractivity contribution in [2.24, 2.45) is 11.5 Å². The largest absolute Gasteiger partial charge is 0.370 e. The topological polar surface area (TPSA) is 86.2 Å². The molecule has 0 radical (unpaired) electrons. The minimum absolute atomic E-state index is 0.0820. The van der Waals surface area contributed by atoms with Crippen LogP contribution in [-0.2, 0) is 9.59 Å². The van der Waals surface area contributed by atoms with Gasteiger partial charge in [0.2, 0.25) is 5.91 Å². The minimum atomic E-state index is -0.340. The molecule has 0 bridgehead atoms. The molecule has 1 unspecified atom stereocenters. The molecule has 0 aliphatic rings. The third kappa shape index (κ3) is 7.21. The maximum Gasteiger partial charge on any atom is 0.217 e. The fourth-order valence-electron chi connectivity index (χ4n) is 0.861. The lowest BCUT2D eigenvalue weighted by atomic mass is 10.1. The number of hydrogen-bond donors (Lipinski definition) is 2. The van der Waals surface area contributed by atoms with Crippen molar-refractivity contribution < 1.29 is 9.59 Å². The Bertz CT molecular complexity index is 150. The van der Waals surface area contributed by atoms with Crippen LogP contribution in [0.3, 0.4) is 0 Å². The van der Waals surface area contributed by atoms with Crippen molar-refractivity contribution in [1.82, 2.24) is 0 Å². The van der Waals surface area contributed by atoms with Gasteiger partial charge in [-0.3, -0.25) is 4.79 Å². The van der Waals surface area contributed by atoms with Crippen molar-refractivity contribution in [3.05, 3.63) is 0 Å². The van der Waals surface area contributed by atoms with Crippen molar-refractivity contribution in [3.8, 4) is 0 Å². The van der Waals surface area contributed by atoms with Gasteiger partial charge >= 0.3 is 0 Å². The highest BCUT2D eigenvalue weighted by molar-refractivity contribution is 5.75. The summed E-state index contributed by atoms with van der Waals surface area (Å²) in [6, 6.07) is -0.0820. The highest BCUT2D eigenvalue weighted by Gasteiger charge is 2.05. The molecule has 0 aromatic heterocycles. The first kappa shape index (κ1) is 11.1. The molecule has 4 N–H and O–H groups in total. The van der Waals surface area contributed by atoms with Gasteiger partial charge in [-0.15, -0.1) is 0 Å². The smallest absolute Gasteiger partial charge is 0.217 e. The predicted octanol–water partition coefficient (Wildman–Crippen LogP) is -0.0516. The molecule has 0 saturated carbocycles. The van der Waals surface area contributed by atoms with Crippen molar-refractivity contribution in [3.63, 3.8) is 0 Å². The minimum Gasteiger partial charge on any atom is -0.370 e. The van der Waals surface area contributed by atoms with Crippen LogP contribution in [0.2, 0.25) is 0 Å². The van der Waals surface area contributed by atoms with E-state index < -0.39 is 0 Å². The van der Waals surface area contributed by atoms with Gasteiger partial charge in [0.25, 0.3) is 0 Å². The standard InChI is InChI=1S/C8H16N2O2/c1-6(11)2-3-7(9)4-5-8(10)12/h7H,2-5,9H2,1H3,(H2,10,12). The highest BCUT2D eigenvalue weighted by Crippen LogP contribution is 2.02. The van der Waals surface area contributed by atoms with E-state index in [0.717, 1.165) is 0 Å². The summed E-state index contributed by atoms with van der Waals surface area (Å²) in [4.78, 5) is 20.9. The predicted molar refractivity (Wildman–Crippen MR) is 46.3 cm³/mol. The zero-order chi connectivity index (χ0) is 9.56. The Morgan fingerprint density at radius 1 is 1.25 bits per heavy atom. The molecule has 4 nitrogen and oxygen atoms in total. The lowest BCUT2D eigenvalue weighted by Gasteiger charge is -2.07. The second kappa shape index (κ2) is 5.71. The molecule has 0 fully saturated rings. The number of hydrogen-bond acceptors (Lipinski definition) is 3. The van der Waals surface area contributed by atoms with Gasteiger partial charge in [0.15, 0.2) is 0 Å². The first-order valence-electron chi connectivity index (χ1n) is 4.05. The molecule has 1 atom stereocenters. The van der Waals surface area contributed by atoms with Gasteiger partial charge in [0, 0.05) is 18.9 Å². The fraction of sp³-hybridized carbons (Fsp3) is 0.750. The van der Waals surface area contributed by atoms with E-state index in [0.29, 0.717) is 25.7 Å². The third-order valence-electron chi connectivity index (χ3n) is 1.63. The molecule has 12 heavy (non-hydrogen) atoms. The molecule has 0 aromatic rings. The summed E-state index contributed by atoms with van der Waals surface area (Å²) in [6.45, 7) is 1.53. The normalized spacial score (nSPS) is 12.5. The lowest BCUT2D eigenvalue weighted by Crippen LogP contribution is -2.23. The molecular formula is C8H16N2O2. The van der Waals surface area contributed by atoms with E-state index in [9.17, 15) is 9.59 Å². The average Bonchev–Trinajstić information content (AvgIpc) is 1.96. The highest BCUT2D eigenvalue weighted by atomic mass is 16.1. The Kier molecular flexibility index (Phi) is 5.28. The van der Waals surface area contributed by atoms with Crippen LogP contribution in [0, 0.1) is 0 Å². The first-order chi connectivity index (χ1) is 5.52. The summed E-state index contributed by atoms with van der Waals surface area (Å²) in [5.74, 6) is -0.210. The Hall–Kier alpha value is -0.900. The molecule has 0 saturated heterocycles. The molecule has 0 aromatic carbocycles. The molecule has 4 heteroatoms. The summed E-state index contributed by atoms with van der Waals surface area (Å²) in [6.07, 6.45) is 2.00. The van der Waals surface area contributed by atoms with Crippen molar-refractivity contribution in [1.29, 1.82) is 0 Å². The monoisotopic (exact) mass is 172 g/mol. The molecular weight excluding hydrogens is 156 g/mol. The van der Waals surface area contributed by atoms with Gasteiger partial charge in [-0.05, 0) is 19.8 Å². The Labute approximate surface area is 72.3 Å². The van der Waals surface area contributed by atoms with Crippen LogP contribution < -0.4 is 11.5 Å². The van der Waals surface area contributed by atoms with Gasteiger partial charge in [0.1, 0.15) is 5.78 Å². The fourth-order valence-corrected chi connectivity index (χ4v) is 0.861. The van der Waals surface area contributed by atoms with E-state index in [1.54, 1.807) is 0 Å².